The topological polar surface area (TPSA) is 50.4 Å². The molecule has 0 amide bonds. The van der Waals surface area contributed by atoms with Crippen LogP contribution in [0.25, 0.3) is 5.69 Å². The fourth-order valence-electron chi connectivity index (χ4n) is 1.34. The van der Waals surface area contributed by atoms with Crippen molar-refractivity contribution in [3.05, 3.63) is 48.5 Å². The minimum absolute atomic E-state index is 0.604. The van der Waals surface area contributed by atoms with Crippen LogP contribution in [0.15, 0.2) is 48.1 Å². The minimum Gasteiger partial charge on any atom is -0.411 e. The summed E-state index contributed by atoms with van der Waals surface area (Å²) in [6.07, 6.45) is 5.35. The molecule has 0 fully saturated rings. The minimum atomic E-state index is 0.604. The molecule has 0 atom stereocenters. The van der Waals surface area contributed by atoms with Crippen LogP contribution >= 0.6 is 0 Å². The molecule has 0 saturated carbocycles. The van der Waals surface area contributed by atoms with Crippen LogP contribution in [0.3, 0.4) is 0 Å². The number of hydrogen-bond acceptors (Lipinski definition) is 3. The second-order valence-electron chi connectivity index (χ2n) is 3.20. The average Bonchev–Trinajstić information content (AvgIpc) is 2.82. The number of oxime groups is 1. The Morgan fingerprint density at radius 3 is 2.60 bits per heavy atom. The highest BCUT2D eigenvalue weighted by Gasteiger charge is 1.98. The van der Waals surface area contributed by atoms with Crippen LogP contribution in [-0.2, 0) is 0 Å². The first-order valence-electron chi connectivity index (χ1n) is 4.58. The molecule has 2 rings (SSSR count). The molecular weight excluding hydrogens is 190 g/mol. The molecule has 0 aliphatic heterocycles. The lowest BCUT2D eigenvalue weighted by molar-refractivity contribution is 0.319. The van der Waals surface area contributed by atoms with Gasteiger partial charge < -0.3 is 9.77 Å². The van der Waals surface area contributed by atoms with E-state index in [9.17, 15) is 0 Å². The first-order chi connectivity index (χ1) is 7.31. The van der Waals surface area contributed by atoms with E-state index in [-0.39, 0.29) is 0 Å². The molecule has 0 unspecified atom stereocenters. The van der Waals surface area contributed by atoms with Gasteiger partial charge in [-0.15, -0.1) is 0 Å². The third-order valence-corrected chi connectivity index (χ3v) is 2.24. The Labute approximate surface area is 87.5 Å². The van der Waals surface area contributed by atoms with Crippen LogP contribution in [0.2, 0.25) is 0 Å². The largest absolute Gasteiger partial charge is 0.411 e. The van der Waals surface area contributed by atoms with Gasteiger partial charge in [-0.3, -0.25) is 0 Å². The number of benzene rings is 1. The van der Waals surface area contributed by atoms with E-state index < -0.39 is 0 Å². The molecule has 1 heterocycles. The van der Waals surface area contributed by atoms with Gasteiger partial charge in [0.05, 0.1) is 12.0 Å². The van der Waals surface area contributed by atoms with Gasteiger partial charge in [0, 0.05) is 18.1 Å². The highest BCUT2D eigenvalue weighted by molar-refractivity contribution is 5.98. The van der Waals surface area contributed by atoms with Crippen LogP contribution < -0.4 is 0 Å². The maximum Gasteiger partial charge on any atom is 0.0991 e. The van der Waals surface area contributed by atoms with Crippen molar-refractivity contribution in [1.82, 2.24) is 9.55 Å². The molecule has 0 aliphatic rings. The summed E-state index contributed by atoms with van der Waals surface area (Å²) in [6.45, 7) is 1.76. The number of nitrogens with zero attached hydrogens (tertiary/aromatic N) is 3. The van der Waals surface area contributed by atoms with Crippen molar-refractivity contribution < 1.29 is 5.21 Å². The van der Waals surface area contributed by atoms with Crippen molar-refractivity contribution in [1.29, 1.82) is 0 Å². The van der Waals surface area contributed by atoms with Crippen molar-refractivity contribution in [3.63, 3.8) is 0 Å². The quantitative estimate of drug-likeness (QED) is 0.459. The van der Waals surface area contributed by atoms with Gasteiger partial charge in [0.25, 0.3) is 0 Å². The zero-order valence-electron chi connectivity index (χ0n) is 8.33. The summed E-state index contributed by atoms with van der Waals surface area (Å²) in [4.78, 5) is 3.97. The fraction of sp³-hybridized carbons (Fsp3) is 0.0909. The Morgan fingerprint density at radius 1 is 1.33 bits per heavy atom. The molecule has 0 spiro atoms. The van der Waals surface area contributed by atoms with Crippen molar-refractivity contribution in [2.24, 2.45) is 5.16 Å². The molecule has 76 valence electrons. The molecule has 1 aromatic carbocycles. The first kappa shape index (κ1) is 9.45. The maximum absolute atomic E-state index is 8.61. The van der Waals surface area contributed by atoms with Crippen LogP contribution in [0.1, 0.15) is 12.5 Å². The Kier molecular flexibility index (Phi) is 2.49. The molecule has 15 heavy (non-hydrogen) atoms. The van der Waals surface area contributed by atoms with E-state index in [4.69, 9.17) is 5.21 Å². The van der Waals surface area contributed by atoms with E-state index in [2.05, 4.69) is 10.1 Å². The Morgan fingerprint density at radius 2 is 2.07 bits per heavy atom. The Balaban J connectivity index is 2.33. The van der Waals surface area contributed by atoms with Crippen molar-refractivity contribution in [2.75, 3.05) is 0 Å². The van der Waals surface area contributed by atoms with E-state index >= 15 is 0 Å². The highest BCUT2D eigenvalue weighted by atomic mass is 16.4. The number of imidazole rings is 1. The molecule has 4 heteroatoms. The van der Waals surface area contributed by atoms with Gasteiger partial charge in [0.15, 0.2) is 0 Å². The molecule has 0 saturated heterocycles. The van der Waals surface area contributed by atoms with E-state index in [0.29, 0.717) is 5.71 Å². The summed E-state index contributed by atoms with van der Waals surface area (Å²) in [7, 11) is 0. The summed E-state index contributed by atoms with van der Waals surface area (Å²) < 4.78 is 1.91. The summed E-state index contributed by atoms with van der Waals surface area (Å²) in [6, 6.07) is 7.71. The number of aromatic nitrogens is 2. The Hall–Kier alpha value is -2.10. The van der Waals surface area contributed by atoms with Gasteiger partial charge in [-0.1, -0.05) is 17.3 Å². The van der Waals surface area contributed by atoms with E-state index in [0.717, 1.165) is 11.3 Å². The normalized spacial score (nSPS) is 11.7. The summed E-state index contributed by atoms with van der Waals surface area (Å²) in [5, 5.41) is 11.8. The van der Waals surface area contributed by atoms with Gasteiger partial charge in [-0.05, 0) is 24.6 Å². The molecule has 0 aliphatic carbocycles. The van der Waals surface area contributed by atoms with Gasteiger partial charge in [-0.2, -0.15) is 0 Å². The summed E-state index contributed by atoms with van der Waals surface area (Å²) in [5.74, 6) is 0. The second-order valence-corrected chi connectivity index (χ2v) is 3.20. The van der Waals surface area contributed by atoms with Crippen molar-refractivity contribution in [2.45, 2.75) is 6.92 Å². The van der Waals surface area contributed by atoms with Gasteiger partial charge in [0.2, 0.25) is 0 Å². The standard InChI is InChI=1S/C11H11N3O/c1-9(13-15)10-2-4-11(5-3-10)14-7-6-12-8-14/h2-8,15H,1H3. The molecule has 4 nitrogen and oxygen atoms in total. The fourth-order valence-corrected chi connectivity index (χ4v) is 1.34. The van der Waals surface area contributed by atoms with E-state index in [1.165, 1.54) is 0 Å². The van der Waals surface area contributed by atoms with Gasteiger partial charge in [0.1, 0.15) is 0 Å². The molecule has 2 aromatic rings. The van der Waals surface area contributed by atoms with E-state index in [1.54, 1.807) is 19.4 Å². The first-order valence-corrected chi connectivity index (χ1v) is 4.58. The second kappa shape index (κ2) is 3.96. The monoisotopic (exact) mass is 201 g/mol. The van der Waals surface area contributed by atoms with Crippen LogP contribution in [0, 0.1) is 0 Å². The highest BCUT2D eigenvalue weighted by Crippen LogP contribution is 2.09. The van der Waals surface area contributed by atoms with Crippen LogP contribution in [0.5, 0.6) is 0 Å². The molecule has 1 aromatic heterocycles. The molecular formula is C11H11N3O. The van der Waals surface area contributed by atoms with E-state index in [1.807, 2.05) is 35.0 Å². The van der Waals surface area contributed by atoms with Crippen LogP contribution in [-0.4, -0.2) is 20.5 Å². The van der Waals surface area contributed by atoms with Gasteiger partial charge in [-0.25, -0.2) is 4.98 Å². The van der Waals surface area contributed by atoms with Crippen molar-refractivity contribution in [3.8, 4) is 5.69 Å². The zero-order chi connectivity index (χ0) is 10.7. The summed E-state index contributed by atoms with van der Waals surface area (Å²) >= 11 is 0. The Bertz CT molecular complexity index is 457. The van der Waals surface area contributed by atoms with Crippen LogP contribution in [0.4, 0.5) is 0 Å². The average molecular weight is 201 g/mol. The number of rotatable bonds is 2. The molecule has 1 N–H and O–H groups in total. The smallest absolute Gasteiger partial charge is 0.0991 e. The lowest BCUT2D eigenvalue weighted by Crippen LogP contribution is -1.95. The summed E-state index contributed by atoms with van der Waals surface area (Å²) in [5.41, 5.74) is 2.54. The molecule has 0 radical (unpaired) electrons. The predicted octanol–water partition coefficient (Wildman–Crippen LogP) is 2.07. The zero-order valence-corrected chi connectivity index (χ0v) is 8.33. The molecule has 0 bridgehead atoms. The van der Waals surface area contributed by atoms with Gasteiger partial charge >= 0.3 is 0 Å². The maximum atomic E-state index is 8.61. The predicted molar refractivity (Wildman–Crippen MR) is 57.6 cm³/mol. The lowest BCUT2D eigenvalue weighted by atomic mass is 10.1. The third kappa shape index (κ3) is 1.88. The van der Waals surface area contributed by atoms with Crippen molar-refractivity contribution >= 4 is 5.71 Å². The third-order valence-electron chi connectivity index (χ3n) is 2.24. The lowest BCUT2D eigenvalue weighted by Gasteiger charge is -2.03. The number of hydrogen-bond donors (Lipinski definition) is 1. The SMILES string of the molecule is CC(=NO)c1ccc(-n2ccnc2)cc1.